The van der Waals surface area contributed by atoms with Gasteiger partial charge in [0.25, 0.3) is 0 Å². The van der Waals surface area contributed by atoms with Crippen LogP contribution in [0.5, 0.6) is 5.75 Å². The van der Waals surface area contributed by atoms with Gasteiger partial charge in [0.2, 0.25) is 0 Å². The molecule has 0 amide bonds. The summed E-state index contributed by atoms with van der Waals surface area (Å²) in [5, 5.41) is 17.8. The molecule has 0 aliphatic carbocycles. The molecule has 0 atom stereocenters. The molecule has 9 heteroatoms. The largest absolute Gasteiger partial charge is 2.00 e. The number of hydrogen-bond acceptors (Lipinski definition) is 7. The molecule has 0 N–H and O–H groups in total. The predicted molar refractivity (Wildman–Crippen MR) is 77.7 cm³/mol. The van der Waals surface area contributed by atoms with E-state index in [4.69, 9.17) is 24.5 Å². The summed E-state index contributed by atoms with van der Waals surface area (Å²) in [4.78, 5) is 29.0. The van der Waals surface area contributed by atoms with Crippen molar-refractivity contribution in [1.82, 2.24) is 0 Å². The molecule has 7 nitrogen and oxygen atoms in total. The first-order chi connectivity index (χ1) is 10.1. The van der Waals surface area contributed by atoms with E-state index in [1.54, 1.807) is 18.2 Å². The van der Waals surface area contributed by atoms with E-state index >= 15 is 0 Å². The van der Waals surface area contributed by atoms with E-state index in [2.05, 4.69) is 27.2 Å². The van der Waals surface area contributed by atoms with Gasteiger partial charge in [-0.05, 0) is 48.0 Å². The summed E-state index contributed by atoms with van der Waals surface area (Å²) in [5.74, 6) is -1.94. The number of ether oxygens (including phenoxy) is 2. The molecular formula is C14H15BrCuO7. The normalized spacial score (nSPS) is 7.83. The Balaban J connectivity index is -0.000000374. The van der Waals surface area contributed by atoms with Crippen LogP contribution in [0.25, 0.3) is 0 Å². The summed E-state index contributed by atoms with van der Waals surface area (Å²) < 4.78 is 10.3. The van der Waals surface area contributed by atoms with Gasteiger partial charge in [-0.2, -0.15) is 0 Å². The molecule has 1 radical (unpaired) electrons. The van der Waals surface area contributed by atoms with Crippen LogP contribution in [-0.2, 0) is 31.4 Å². The van der Waals surface area contributed by atoms with E-state index in [9.17, 15) is 4.79 Å². The number of aliphatic carboxylic acids is 2. The van der Waals surface area contributed by atoms with Crippen molar-refractivity contribution in [2.45, 2.75) is 13.8 Å². The monoisotopic (exact) mass is 437 g/mol. The molecule has 0 spiro atoms. The van der Waals surface area contributed by atoms with Crippen LogP contribution in [0.3, 0.4) is 0 Å². The van der Waals surface area contributed by atoms with Gasteiger partial charge >= 0.3 is 23.0 Å². The summed E-state index contributed by atoms with van der Waals surface area (Å²) in [6, 6.07) is 4.96. The van der Waals surface area contributed by atoms with E-state index in [0.29, 0.717) is 15.8 Å². The van der Waals surface area contributed by atoms with Gasteiger partial charge in [0.15, 0.2) is 0 Å². The van der Waals surface area contributed by atoms with E-state index in [-0.39, 0.29) is 23.0 Å². The van der Waals surface area contributed by atoms with Crippen LogP contribution in [0.4, 0.5) is 0 Å². The maximum Gasteiger partial charge on any atom is 2.00 e. The maximum absolute atomic E-state index is 11.2. The third-order valence-electron chi connectivity index (χ3n) is 1.57. The van der Waals surface area contributed by atoms with Gasteiger partial charge in [0, 0.05) is 16.4 Å². The third-order valence-corrected chi connectivity index (χ3v) is 2.22. The predicted octanol–water partition coefficient (Wildman–Crippen LogP) is 0.268. The summed E-state index contributed by atoms with van der Waals surface area (Å²) in [6.07, 6.45) is 1.32. The van der Waals surface area contributed by atoms with E-state index < -0.39 is 11.9 Å². The molecule has 1 aromatic carbocycles. The van der Waals surface area contributed by atoms with Crippen molar-refractivity contribution in [3.8, 4) is 5.75 Å². The second-order valence-electron chi connectivity index (χ2n) is 3.40. The summed E-state index contributed by atoms with van der Waals surface area (Å²) >= 11 is 3.24. The number of carboxylic acid groups (broad SMARTS) is 2. The molecular weight excluding hydrogens is 424 g/mol. The van der Waals surface area contributed by atoms with Gasteiger partial charge in [0.1, 0.15) is 5.75 Å². The van der Waals surface area contributed by atoms with Crippen molar-refractivity contribution < 1.29 is 51.1 Å². The van der Waals surface area contributed by atoms with Gasteiger partial charge in [-0.25, -0.2) is 4.79 Å². The van der Waals surface area contributed by atoms with Crippen LogP contribution < -0.4 is 14.9 Å². The van der Waals surface area contributed by atoms with Crippen LogP contribution in [0.15, 0.2) is 35.5 Å². The smallest absolute Gasteiger partial charge is 0.550 e. The standard InChI is InChI=1S/C10H9BrO3.2C2H4O2.Cu/c1-3-14-7-4-5-8(9(11)6-7)10(12)13-2;2*1-2(3)4;/h3-6H,1H2,2H3;2*1H3,(H,3,4);/q;;;+2/p-2. The van der Waals surface area contributed by atoms with Crippen molar-refractivity contribution in [2.75, 3.05) is 7.11 Å². The Kier molecular flexibility index (Phi) is 17.1. The zero-order chi connectivity index (χ0) is 17.7. The van der Waals surface area contributed by atoms with E-state index in [1.807, 2.05) is 0 Å². The number of carboxylic acids is 2. The van der Waals surface area contributed by atoms with E-state index in [1.165, 1.54) is 13.4 Å². The molecule has 0 heterocycles. The fourth-order valence-electron chi connectivity index (χ4n) is 0.941. The number of benzene rings is 1. The quantitative estimate of drug-likeness (QED) is 0.378. The Bertz CT molecular complexity index is 512. The zero-order valence-electron chi connectivity index (χ0n) is 12.6. The third kappa shape index (κ3) is 16.4. The minimum atomic E-state index is -1.08. The average Bonchev–Trinajstić information content (AvgIpc) is 2.37. The van der Waals surface area contributed by atoms with Crippen molar-refractivity contribution in [3.63, 3.8) is 0 Å². The number of rotatable bonds is 3. The molecule has 0 bridgehead atoms. The molecule has 131 valence electrons. The molecule has 0 saturated heterocycles. The Labute approximate surface area is 152 Å². The number of carbonyl (C=O) groups is 3. The molecule has 0 unspecified atom stereocenters. The molecule has 0 aromatic heterocycles. The SMILES string of the molecule is C=COc1ccc(C(=O)OC)c(Br)c1.CC(=O)[O-].CC(=O)[O-].[Cu+2]. The number of esters is 1. The van der Waals surface area contributed by atoms with Gasteiger partial charge < -0.3 is 29.3 Å². The average molecular weight is 439 g/mol. The Morgan fingerprint density at radius 3 is 1.91 bits per heavy atom. The number of carbonyl (C=O) groups excluding carboxylic acids is 3. The van der Waals surface area contributed by atoms with Crippen LogP contribution in [0.2, 0.25) is 0 Å². The molecule has 0 saturated carbocycles. The van der Waals surface area contributed by atoms with Crippen LogP contribution in [-0.4, -0.2) is 25.0 Å². The fraction of sp³-hybridized carbons (Fsp3) is 0.214. The number of halogens is 1. The maximum atomic E-state index is 11.2. The van der Waals surface area contributed by atoms with Gasteiger partial charge in [-0.3, -0.25) is 0 Å². The van der Waals surface area contributed by atoms with Crippen LogP contribution >= 0.6 is 15.9 Å². The van der Waals surface area contributed by atoms with Crippen LogP contribution in [0.1, 0.15) is 24.2 Å². The zero-order valence-corrected chi connectivity index (χ0v) is 15.1. The number of hydrogen-bond donors (Lipinski definition) is 0. The second-order valence-corrected chi connectivity index (χ2v) is 4.26. The van der Waals surface area contributed by atoms with Gasteiger partial charge in [-0.15, -0.1) is 0 Å². The Morgan fingerprint density at radius 2 is 1.61 bits per heavy atom. The first-order valence-electron chi connectivity index (χ1n) is 5.66. The van der Waals surface area contributed by atoms with Crippen LogP contribution in [0, 0.1) is 0 Å². The van der Waals surface area contributed by atoms with E-state index in [0.717, 1.165) is 13.8 Å². The molecule has 1 aromatic rings. The van der Waals surface area contributed by atoms with Crippen molar-refractivity contribution in [1.29, 1.82) is 0 Å². The summed E-state index contributed by atoms with van der Waals surface area (Å²) in [6.45, 7) is 5.37. The minimum absolute atomic E-state index is 0. The Hall–Kier alpha value is -1.83. The topological polar surface area (TPSA) is 116 Å². The molecule has 0 fully saturated rings. The first kappa shape index (κ1) is 26.1. The molecule has 1 rings (SSSR count). The summed E-state index contributed by atoms with van der Waals surface area (Å²) in [5.41, 5.74) is 0.462. The fourth-order valence-corrected chi connectivity index (χ4v) is 1.46. The summed E-state index contributed by atoms with van der Waals surface area (Å²) in [7, 11) is 1.34. The van der Waals surface area contributed by atoms with Crippen molar-refractivity contribution in [3.05, 3.63) is 41.1 Å². The van der Waals surface area contributed by atoms with Gasteiger partial charge in [-0.1, -0.05) is 6.58 Å². The number of methoxy groups -OCH3 is 1. The molecule has 0 aliphatic heterocycles. The first-order valence-corrected chi connectivity index (χ1v) is 6.45. The molecule has 0 aliphatic rings. The minimum Gasteiger partial charge on any atom is -0.550 e. The Morgan fingerprint density at radius 1 is 1.17 bits per heavy atom. The van der Waals surface area contributed by atoms with Crippen molar-refractivity contribution in [2.24, 2.45) is 0 Å². The molecule has 23 heavy (non-hydrogen) atoms. The van der Waals surface area contributed by atoms with Crippen molar-refractivity contribution >= 4 is 33.8 Å². The second kappa shape index (κ2) is 15.1. The van der Waals surface area contributed by atoms with Gasteiger partial charge in [0.05, 0.1) is 18.9 Å².